The Balaban J connectivity index is 2.49. The lowest BCUT2D eigenvalue weighted by molar-refractivity contribution is -0.136. The molecule has 0 spiro atoms. The molecule has 3 N–H and O–H groups in total. The summed E-state index contributed by atoms with van der Waals surface area (Å²) in [4.78, 5) is 23.4. The van der Waals surface area contributed by atoms with E-state index in [0.717, 1.165) is 18.4 Å². The average molecular weight is 294 g/mol. The van der Waals surface area contributed by atoms with E-state index < -0.39 is 11.8 Å². The van der Waals surface area contributed by atoms with Crippen LogP contribution in [0.3, 0.4) is 0 Å². The lowest BCUT2D eigenvalue weighted by Crippen LogP contribution is -2.36. The first-order valence-corrected chi connectivity index (χ1v) is 6.93. The number of carbonyl (C=O) groups is 2. The van der Waals surface area contributed by atoms with Crippen LogP contribution in [0.25, 0.3) is 0 Å². The van der Waals surface area contributed by atoms with Gasteiger partial charge in [-0.15, -0.1) is 0 Å². The first-order valence-electron chi connectivity index (χ1n) is 6.93. The minimum absolute atomic E-state index is 0.140. The van der Waals surface area contributed by atoms with Crippen LogP contribution in [0.2, 0.25) is 0 Å². The lowest BCUT2D eigenvalue weighted by atomic mass is 10.2. The molecule has 21 heavy (non-hydrogen) atoms. The number of aliphatic hydroxyl groups excluding tert-OH is 1. The van der Waals surface area contributed by atoms with Crippen molar-refractivity contribution >= 4 is 17.5 Å². The number of nitrogens with one attached hydrogen (secondary N) is 2. The van der Waals surface area contributed by atoms with Gasteiger partial charge in [0.05, 0.1) is 12.8 Å². The summed E-state index contributed by atoms with van der Waals surface area (Å²) in [5.74, 6) is -0.895. The van der Waals surface area contributed by atoms with Crippen LogP contribution >= 0.6 is 0 Å². The second-order valence-electron chi connectivity index (χ2n) is 4.70. The van der Waals surface area contributed by atoms with Crippen molar-refractivity contribution in [1.29, 1.82) is 0 Å². The molecule has 0 radical (unpaired) electrons. The van der Waals surface area contributed by atoms with Gasteiger partial charge in [-0.05, 0) is 43.9 Å². The Morgan fingerprint density at radius 2 is 1.95 bits per heavy atom. The lowest BCUT2D eigenvalue weighted by Gasteiger charge is -2.11. The first kappa shape index (κ1) is 17.0. The fraction of sp³-hybridized carbons (Fsp3) is 0.467. The number of amides is 2. The number of unbranched alkanes of at least 4 members (excludes halogenated alkanes) is 2. The van der Waals surface area contributed by atoms with E-state index in [4.69, 9.17) is 9.84 Å². The highest BCUT2D eigenvalue weighted by Crippen LogP contribution is 2.24. The number of hydrogen-bond acceptors (Lipinski definition) is 4. The predicted molar refractivity (Wildman–Crippen MR) is 80.3 cm³/mol. The van der Waals surface area contributed by atoms with Crippen molar-refractivity contribution in [3.8, 4) is 5.75 Å². The molecule has 6 nitrogen and oxygen atoms in total. The summed E-state index contributed by atoms with van der Waals surface area (Å²) in [7, 11) is 1.50. The van der Waals surface area contributed by atoms with Crippen LogP contribution in [-0.2, 0) is 9.59 Å². The van der Waals surface area contributed by atoms with Gasteiger partial charge >= 0.3 is 11.8 Å². The molecule has 0 heterocycles. The summed E-state index contributed by atoms with van der Waals surface area (Å²) in [6.45, 7) is 2.44. The molecule has 0 aliphatic rings. The molecule has 0 fully saturated rings. The fourth-order valence-electron chi connectivity index (χ4n) is 1.79. The third-order valence-corrected chi connectivity index (χ3v) is 2.93. The Kier molecular flexibility index (Phi) is 7.25. The molecular weight excluding hydrogens is 272 g/mol. The van der Waals surface area contributed by atoms with E-state index >= 15 is 0 Å². The van der Waals surface area contributed by atoms with Gasteiger partial charge in [-0.2, -0.15) is 0 Å². The normalized spacial score (nSPS) is 10.0. The van der Waals surface area contributed by atoms with E-state index in [1.54, 1.807) is 12.1 Å². The number of methoxy groups -OCH3 is 1. The van der Waals surface area contributed by atoms with Crippen LogP contribution in [0.4, 0.5) is 5.69 Å². The smallest absolute Gasteiger partial charge is 0.313 e. The van der Waals surface area contributed by atoms with Crippen LogP contribution in [0, 0.1) is 6.92 Å². The van der Waals surface area contributed by atoms with E-state index in [1.165, 1.54) is 7.11 Å². The molecular formula is C15H22N2O4. The van der Waals surface area contributed by atoms with Gasteiger partial charge in [-0.3, -0.25) is 9.59 Å². The van der Waals surface area contributed by atoms with Crippen molar-refractivity contribution in [2.45, 2.75) is 26.2 Å². The second-order valence-corrected chi connectivity index (χ2v) is 4.70. The van der Waals surface area contributed by atoms with Gasteiger partial charge in [0, 0.05) is 13.2 Å². The van der Waals surface area contributed by atoms with Crippen LogP contribution in [0.5, 0.6) is 5.75 Å². The third-order valence-electron chi connectivity index (χ3n) is 2.93. The molecule has 0 atom stereocenters. The van der Waals surface area contributed by atoms with E-state index in [2.05, 4.69) is 10.6 Å². The number of ether oxygens (including phenoxy) is 1. The molecule has 2 amide bonds. The van der Waals surface area contributed by atoms with E-state index in [-0.39, 0.29) is 6.61 Å². The van der Waals surface area contributed by atoms with Crippen molar-refractivity contribution in [3.05, 3.63) is 23.8 Å². The number of anilines is 1. The zero-order valence-electron chi connectivity index (χ0n) is 12.4. The number of aryl methyl sites for hydroxylation is 1. The van der Waals surface area contributed by atoms with Crippen molar-refractivity contribution in [2.75, 3.05) is 25.6 Å². The van der Waals surface area contributed by atoms with Crippen molar-refractivity contribution in [3.63, 3.8) is 0 Å². The fourth-order valence-corrected chi connectivity index (χ4v) is 1.79. The van der Waals surface area contributed by atoms with Gasteiger partial charge in [-0.25, -0.2) is 0 Å². The van der Waals surface area contributed by atoms with E-state index in [1.807, 2.05) is 13.0 Å². The minimum Gasteiger partial charge on any atom is -0.495 e. The van der Waals surface area contributed by atoms with Gasteiger partial charge in [0.25, 0.3) is 0 Å². The van der Waals surface area contributed by atoms with Gasteiger partial charge in [0.2, 0.25) is 0 Å². The summed E-state index contributed by atoms with van der Waals surface area (Å²) in [6.07, 6.45) is 2.24. The predicted octanol–water partition coefficient (Wildman–Crippen LogP) is 1.22. The summed E-state index contributed by atoms with van der Waals surface area (Å²) in [6, 6.07) is 5.33. The standard InChI is InChI=1S/C15H22N2O4/c1-11-6-7-13(21-2)12(10-11)17-15(20)14(19)16-8-4-3-5-9-18/h6-7,10,18H,3-5,8-9H2,1-2H3,(H,16,19)(H,17,20). The molecule has 0 saturated carbocycles. The van der Waals surface area contributed by atoms with Crippen molar-refractivity contribution < 1.29 is 19.4 Å². The summed E-state index contributed by atoms with van der Waals surface area (Å²) in [5, 5.41) is 13.7. The Morgan fingerprint density at radius 3 is 2.62 bits per heavy atom. The number of carbonyl (C=O) groups excluding carboxylic acids is 2. The SMILES string of the molecule is COc1ccc(C)cc1NC(=O)C(=O)NCCCCCO. The number of rotatable bonds is 7. The molecule has 0 aliphatic carbocycles. The molecule has 0 aromatic heterocycles. The molecule has 1 aromatic rings. The van der Waals surface area contributed by atoms with Gasteiger partial charge in [0.15, 0.2) is 0 Å². The highest BCUT2D eigenvalue weighted by atomic mass is 16.5. The zero-order valence-corrected chi connectivity index (χ0v) is 12.4. The molecule has 0 aliphatic heterocycles. The van der Waals surface area contributed by atoms with Crippen LogP contribution in [-0.4, -0.2) is 37.2 Å². The van der Waals surface area contributed by atoms with Gasteiger partial charge in [-0.1, -0.05) is 6.07 Å². The number of hydrogen-bond donors (Lipinski definition) is 3. The molecule has 116 valence electrons. The Bertz CT molecular complexity index is 489. The minimum atomic E-state index is -0.721. The molecule has 0 saturated heterocycles. The van der Waals surface area contributed by atoms with Gasteiger partial charge in [0.1, 0.15) is 5.75 Å². The highest BCUT2D eigenvalue weighted by Gasteiger charge is 2.15. The number of benzene rings is 1. The molecule has 1 aromatic carbocycles. The first-order chi connectivity index (χ1) is 10.1. The van der Waals surface area contributed by atoms with Gasteiger partial charge < -0.3 is 20.5 Å². The van der Waals surface area contributed by atoms with Crippen LogP contribution < -0.4 is 15.4 Å². The second kappa shape index (κ2) is 8.97. The van der Waals surface area contributed by atoms with Crippen LogP contribution in [0.1, 0.15) is 24.8 Å². The Labute approximate surface area is 124 Å². The Hall–Kier alpha value is -2.08. The average Bonchev–Trinajstić information content (AvgIpc) is 2.47. The van der Waals surface area contributed by atoms with Crippen molar-refractivity contribution in [2.24, 2.45) is 0 Å². The molecule has 6 heteroatoms. The topological polar surface area (TPSA) is 87.7 Å². The highest BCUT2D eigenvalue weighted by molar-refractivity contribution is 6.39. The maximum atomic E-state index is 11.8. The maximum Gasteiger partial charge on any atom is 0.313 e. The van der Waals surface area contributed by atoms with Crippen LogP contribution in [0.15, 0.2) is 18.2 Å². The maximum absolute atomic E-state index is 11.8. The molecule has 1 rings (SSSR count). The van der Waals surface area contributed by atoms with E-state index in [0.29, 0.717) is 24.4 Å². The quantitative estimate of drug-likeness (QED) is 0.521. The molecule has 0 unspecified atom stereocenters. The summed E-state index contributed by atoms with van der Waals surface area (Å²) in [5.41, 5.74) is 1.42. The monoisotopic (exact) mass is 294 g/mol. The largest absolute Gasteiger partial charge is 0.495 e. The van der Waals surface area contributed by atoms with E-state index in [9.17, 15) is 9.59 Å². The Morgan fingerprint density at radius 1 is 1.19 bits per heavy atom. The van der Waals surface area contributed by atoms with Crippen molar-refractivity contribution in [1.82, 2.24) is 5.32 Å². The summed E-state index contributed by atoms with van der Waals surface area (Å²) < 4.78 is 5.14. The third kappa shape index (κ3) is 5.83. The number of aliphatic hydroxyl groups is 1. The zero-order chi connectivity index (χ0) is 15.7. The molecule has 0 bridgehead atoms. The summed E-state index contributed by atoms with van der Waals surface area (Å²) >= 11 is 0.